The van der Waals surface area contributed by atoms with Gasteiger partial charge >= 0.3 is 6.08 Å². The summed E-state index contributed by atoms with van der Waals surface area (Å²) in [6.07, 6.45) is 3.45. The summed E-state index contributed by atoms with van der Waals surface area (Å²) < 4.78 is 10.5. The minimum absolute atomic E-state index is 0.178. The number of rotatable bonds is 4. The lowest BCUT2D eigenvalue weighted by atomic mass is 10.1. The summed E-state index contributed by atoms with van der Waals surface area (Å²) in [6, 6.07) is 9.75. The zero-order valence-electron chi connectivity index (χ0n) is 18.1. The van der Waals surface area contributed by atoms with Gasteiger partial charge in [-0.15, -0.1) is 0 Å². The Morgan fingerprint density at radius 2 is 1.88 bits per heavy atom. The molecule has 9 nitrogen and oxygen atoms in total. The minimum Gasteiger partial charge on any atom is -0.453 e. The number of fused-ring (bicyclic) bond motifs is 2. The lowest BCUT2D eigenvalue weighted by Gasteiger charge is -2.38. The average molecular weight is 432 g/mol. The molecule has 1 amide bonds. The van der Waals surface area contributed by atoms with E-state index in [4.69, 9.17) is 9.15 Å². The van der Waals surface area contributed by atoms with Crippen LogP contribution in [0, 0.1) is 0 Å². The van der Waals surface area contributed by atoms with E-state index >= 15 is 0 Å². The van der Waals surface area contributed by atoms with Crippen molar-refractivity contribution in [1.29, 1.82) is 0 Å². The number of hydrogen-bond donors (Lipinski definition) is 2. The van der Waals surface area contributed by atoms with Gasteiger partial charge in [0.05, 0.1) is 18.4 Å². The Hall–Kier alpha value is -3.72. The molecule has 2 N–H and O–H groups in total. The third kappa shape index (κ3) is 3.71. The van der Waals surface area contributed by atoms with E-state index in [-0.39, 0.29) is 12.0 Å². The van der Waals surface area contributed by atoms with E-state index in [1.54, 1.807) is 30.6 Å². The van der Waals surface area contributed by atoms with E-state index in [0.717, 1.165) is 24.3 Å². The van der Waals surface area contributed by atoms with Gasteiger partial charge in [0.1, 0.15) is 16.6 Å². The normalized spacial score (nSPS) is 18.8. The van der Waals surface area contributed by atoms with E-state index in [9.17, 15) is 4.79 Å². The molecule has 1 saturated heterocycles. The van der Waals surface area contributed by atoms with Gasteiger partial charge in [0.15, 0.2) is 5.58 Å². The first kappa shape index (κ1) is 20.2. The highest BCUT2D eigenvalue weighted by Crippen LogP contribution is 2.29. The summed E-state index contributed by atoms with van der Waals surface area (Å²) in [7, 11) is 1.49. The molecule has 0 spiro atoms. The minimum atomic E-state index is -0.269. The predicted molar refractivity (Wildman–Crippen MR) is 122 cm³/mol. The number of piperazine rings is 1. The number of amides is 1. The molecule has 0 unspecified atom stereocenters. The monoisotopic (exact) mass is 432 g/mol. The number of nitrogens with zero attached hydrogens (tertiary/aromatic N) is 4. The van der Waals surface area contributed by atoms with E-state index in [1.807, 2.05) is 12.1 Å². The molecule has 1 fully saturated rings. The summed E-state index contributed by atoms with van der Waals surface area (Å²) in [5.41, 5.74) is 4.51. The average Bonchev–Trinajstić information content (AvgIpc) is 3.20. The molecule has 4 aromatic rings. The highest BCUT2D eigenvalue weighted by Gasteiger charge is 2.24. The van der Waals surface area contributed by atoms with Crippen molar-refractivity contribution in [2.75, 3.05) is 30.4 Å². The molecule has 0 bridgehead atoms. The first-order valence-corrected chi connectivity index (χ1v) is 10.5. The second kappa shape index (κ2) is 8.08. The quantitative estimate of drug-likeness (QED) is 0.506. The van der Waals surface area contributed by atoms with Crippen molar-refractivity contribution >= 4 is 39.4 Å². The van der Waals surface area contributed by atoms with Crippen LogP contribution in [0.25, 0.3) is 22.1 Å². The SMILES string of the molecule is COc1nc2ccc(NC(=O)c3ccc(N4C[C@H](C)N[C@@H](C)C4)c4nccnc34)cc2o1. The van der Waals surface area contributed by atoms with Crippen LogP contribution in [-0.4, -0.2) is 53.1 Å². The number of hydrogen-bond acceptors (Lipinski definition) is 8. The van der Waals surface area contributed by atoms with Gasteiger partial charge in [-0.05, 0) is 38.1 Å². The number of carbonyl (C=O) groups is 1. The molecule has 2 aromatic carbocycles. The number of anilines is 2. The molecule has 32 heavy (non-hydrogen) atoms. The van der Waals surface area contributed by atoms with E-state index < -0.39 is 0 Å². The number of carbonyl (C=O) groups excluding carboxylic acids is 1. The van der Waals surface area contributed by atoms with Crippen LogP contribution in [0.3, 0.4) is 0 Å². The molecule has 9 heteroatoms. The topological polar surface area (TPSA) is 105 Å². The Morgan fingerprint density at radius 1 is 1.12 bits per heavy atom. The molecule has 2 aromatic heterocycles. The largest absolute Gasteiger partial charge is 0.453 e. The van der Waals surface area contributed by atoms with Crippen LogP contribution in [-0.2, 0) is 0 Å². The van der Waals surface area contributed by atoms with Crippen molar-refractivity contribution in [3.8, 4) is 6.08 Å². The van der Waals surface area contributed by atoms with Gasteiger partial charge in [-0.2, -0.15) is 4.98 Å². The molecular formula is C23H24N6O3. The van der Waals surface area contributed by atoms with Gasteiger partial charge in [-0.3, -0.25) is 14.8 Å². The van der Waals surface area contributed by atoms with Gasteiger partial charge in [-0.25, -0.2) is 0 Å². The summed E-state index contributed by atoms with van der Waals surface area (Å²) in [4.78, 5) is 28.7. The molecule has 0 radical (unpaired) electrons. The van der Waals surface area contributed by atoms with Crippen LogP contribution in [0.1, 0.15) is 24.2 Å². The molecule has 2 atom stereocenters. The van der Waals surface area contributed by atoms with Crippen LogP contribution >= 0.6 is 0 Å². The zero-order chi connectivity index (χ0) is 22.2. The smallest absolute Gasteiger partial charge is 0.394 e. The van der Waals surface area contributed by atoms with E-state index in [2.05, 4.69) is 44.3 Å². The third-order valence-electron chi connectivity index (χ3n) is 5.55. The lowest BCUT2D eigenvalue weighted by Crippen LogP contribution is -2.54. The fraction of sp³-hybridized carbons (Fsp3) is 0.304. The van der Waals surface area contributed by atoms with Gasteiger partial charge < -0.3 is 24.7 Å². The molecule has 164 valence electrons. The number of methoxy groups -OCH3 is 1. The van der Waals surface area contributed by atoms with Gasteiger partial charge in [-0.1, -0.05) is 0 Å². The molecule has 0 aliphatic carbocycles. The second-order valence-electron chi connectivity index (χ2n) is 8.08. The van der Waals surface area contributed by atoms with Gasteiger partial charge in [0.2, 0.25) is 0 Å². The number of benzene rings is 2. The van der Waals surface area contributed by atoms with Crippen molar-refractivity contribution in [2.45, 2.75) is 25.9 Å². The Bertz CT molecular complexity index is 1290. The summed E-state index contributed by atoms with van der Waals surface area (Å²) in [6.45, 7) is 6.06. The van der Waals surface area contributed by atoms with Gasteiger partial charge in [0.25, 0.3) is 5.91 Å². The predicted octanol–water partition coefficient (Wildman–Crippen LogP) is 3.22. The Kier molecular flexibility index (Phi) is 5.10. The Balaban J connectivity index is 1.47. The van der Waals surface area contributed by atoms with Crippen LogP contribution in [0.15, 0.2) is 47.1 Å². The third-order valence-corrected chi connectivity index (χ3v) is 5.55. The lowest BCUT2D eigenvalue weighted by molar-refractivity contribution is 0.102. The van der Waals surface area contributed by atoms with Crippen LogP contribution in [0.5, 0.6) is 6.08 Å². The molecule has 3 heterocycles. The molecular weight excluding hydrogens is 408 g/mol. The maximum atomic E-state index is 13.1. The molecule has 1 aliphatic heterocycles. The van der Waals surface area contributed by atoms with E-state index in [1.165, 1.54) is 7.11 Å². The van der Waals surface area contributed by atoms with Crippen molar-refractivity contribution < 1.29 is 13.9 Å². The highest BCUT2D eigenvalue weighted by molar-refractivity contribution is 6.13. The number of nitrogens with one attached hydrogen (secondary N) is 2. The number of ether oxygens (including phenoxy) is 1. The molecule has 1 aliphatic rings. The Morgan fingerprint density at radius 3 is 2.62 bits per heavy atom. The highest BCUT2D eigenvalue weighted by atomic mass is 16.6. The van der Waals surface area contributed by atoms with Crippen LogP contribution in [0.4, 0.5) is 11.4 Å². The maximum Gasteiger partial charge on any atom is 0.394 e. The number of aromatic nitrogens is 3. The fourth-order valence-corrected chi connectivity index (χ4v) is 4.27. The maximum absolute atomic E-state index is 13.1. The standard InChI is InChI=1S/C23H24N6O3/c1-13-11-29(12-14(2)26-13)18-7-5-16(20-21(18)25-9-8-24-20)22(30)27-15-4-6-17-19(10-15)32-23(28-17)31-3/h4-10,13-14,26H,11-12H2,1-3H3,(H,27,30)/t13-,14-/m0/s1. The summed E-state index contributed by atoms with van der Waals surface area (Å²) in [5.74, 6) is -0.269. The summed E-state index contributed by atoms with van der Waals surface area (Å²) in [5, 5.41) is 6.46. The number of oxazole rings is 1. The van der Waals surface area contributed by atoms with Crippen molar-refractivity contribution in [2.24, 2.45) is 0 Å². The fourth-order valence-electron chi connectivity index (χ4n) is 4.27. The van der Waals surface area contributed by atoms with Crippen molar-refractivity contribution in [3.63, 3.8) is 0 Å². The summed E-state index contributed by atoms with van der Waals surface area (Å²) >= 11 is 0. The zero-order valence-corrected chi connectivity index (χ0v) is 18.1. The molecule has 0 saturated carbocycles. The first-order valence-electron chi connectivity index (χ1n) is 10.5. The van der Waals surface area contributed by atoms with Crippen LogP contribution < -0.4 is 20.3 Å². The Labute approximate surface area is 184 Å². The first-order chi connectivity index (χ1) is 15.5. The van der Waals surface area contributed by atoms with Crippen molar-refractivity contribution in [1.82, 2.24) is 20.3 Å². The van der Waals surface area contributed by atoms with Crippen molar-refractivity contribution in [3.05, 3.63) is 48.3 Å². The van der Waals surface area contributed by atoms with Crippen LogP contribution in [0.2, 0.25) is 0 Å². The van der Waals surface area contributed by atoms with E-state index in [0.29, 0.717) is 40.0 Å². The van der Waals surface area contributed by atoms with Gasteiger partial charge in [0, 0.05) is 49.3 Å². The second-order valence-corrected chi connectivity index (χ2v) is 8.08. The molecule has 5 rings (SSSR count).